The van der Waals surface area contributed by atoms with Gasteiger partial charge in [-0.15, -0.1) is 0 Å². The number of furan rings is 1. The van der Waals surface area contributed by atoms with Gasteiger partial charge in [-0.05, 0) is 49.2 Å². The molecule has 1 aliphatic heterocycles. The molecule has 1 aromatic carbocycles. The van der Waals surface area contributed by atoms with Crippen LogP contribution >= 0.6 is 0 Å². The summed E-state index contributed by atoms with van der Waals surface area (Å²) in [5, 5.41) is 3.28. The van der Waals surface area contributed by atoms with Crippen LogP contribution in [-0.4, -0.2) is 13.1 Å². The Balaban J connectivity index is 1.75. The Kier molecular flexibility index (Phi) is 3.97. The van der Waals surface area contributed by atoms with Crippen molar-refractivity contribution in [2.75, 3.05) is 18.0 Å². The quantitative estimate of drug-likeness (QED) is 0.914. The lowest BCUT2D eigenvalue weighted by atomic mass is 10.2. The fraction of sp³-hybridized carbons (Fsp3) is 0.412. The standard InChI is InChI=1S/C17H21FN2O/c1-3-19-10-17-12(2)8-15(21-17)11-20-7-6-13-4-5-14(18)9-16(13)20/h4-5,8-9,19H,3,6-7,10-11H2,1-2H3. The van der Waals surface area contributed by atoms with Crippen molar-refractivity contribution in [3.8, 4) is 0 Å². The van der Waals surface area contributed by atoms with Gasteiger partial charge in [0.05, 0.1) is 13.1 Å². The van der Waals surface area contributed by atoms with Crippen molar-refractivity contribution in [2.45, 2.75) is 33.4 Å². The minimum atomic E-state index is -0.177. The predicted octanol–water partition coefficient (Wildman–Crippen LogP) is 3.40. The second kappa shape index (κ2) is 5.90. The first-order valence-electron chi connectivity index (χ1n) is 7.49. The van der Waals surface area contributed by atoms with Gasteiger partial charge >= 0.3 is 0 Å². The van der Waals surface area contributed by atoms with Crippen LogP contribution in [0.4, 0.5) is 10.1 Å². The van der Waals surface area contributed by atoms with Gasteiger partial charge in [-0.25, -0.2) is 4.39 Å². The zero-order chi connectivity index (χ0) is 14.8. The predicted molar refractivity (Wildman–Crippen MR) is 82.0 cm³/mol. The summed E-state index contributed by atoms with van der Waals surface area (Å²) in [6, 6.07) is 7.13. The van der Waals surface area contributed by atoms with Crippen LogP contribution in [0.25, 0.3) is 0 Å². The van der Waals surface area contributed by atoms with E-state index in [-0.39, 0.29) is 5.82 Å². The Morgan fingerprint density at radius 3 is 3.00 bits per heavy atom. The average molecular weight is 288 g/mol. The van der Waals surface area contributed by atoms with Gasteiger partial charge in [-0.1, -0.05) is 13.0 Å². The van der Waals surface area contributed by atoms with Crippen LogP contribution in [0.5, 0.6) is 0 Å². The Morgan fingerprint density at radius 2 is 2.19 bits per heavy atom. The average Bonchev–Trinajstić information content (AvgIpc) is 3.01. The fourth-order valence-electron chi connectivity index (χ4n) is 2.85. The maximum absolute atomic E-state index is 13.4. The van der Waals surface area contributed by atoms with Gasteiger partial charge in [0.1, 0.15) is 17.3 Å². The van der Waals surface area contributed by atoms with Crippen molar-refractivity contribution in [3.05, 3.63) is 52.7 Å². The summed E-state index contributed by atoms with van der Waals surface area (Å²) in [4.78, 5) is 2.19. The van der Waals surface area contributed by atoms with Crippen LogP contribution < -0.4 is 10.2 Å². The molecule has 0 saturated heterocycles. The van der Waals surface area contributed by atoms with Crippen molar-refractivity contribution in [2.24, 2.45) is 0 Å². The Bertz CT molecular complexity index is 636. The normalized spacial score (nSPS) is 13.8. The van der Waals surface area contributed by atoms with Crippen LogP contribution in [0.2, 0.25) is 0 Å². The first-order valence-corrected chi connectivity index (χ1v) is 7.49. The number of hydrogen-bond donors (Lipinski definition) is 1. The zero-order valence-corrected chi connectivity index (χ0v) is 12.6. The number of aryl methyl sites for hydroxylation is 1. The molecule has 1 N–H and O–H groups in total. The Hall–Kier alpha value is -1.81. The minimum absolute atomic E-state index is 0.177. The highest BCUT2D eigenvalue weighted by molar-refractivity contribution is 5.58. The summed E-state index contributed by atoms with van der Waals surface area (Å²) in [6.07, 6.45) is 0.972. The molecule has 1 aliphatic rings. The molecular weight excluding hydrogens is 267 g/mol. The van der Waals surface area contributed by atoms with Gasteiger partial charge in [-0.3, -0.25) is 0 Å². The topological polar surface area (TPSA) is 28.4 Å². The van der Waals surface area contributed by atoms with Crippen molar-refractivity contribution >= 4 is 5.69 Å². The van der Waals surface area contributed by atoms with E-state index in [0.29, 0.717) is 6.54 Å². The number of nitrogens with zero attached hydrogens (tertiary/aromatic N) is 1. The van der Waals surface area contributed by atoms with Gasteiger partial charge in [0, 0.05) is 12.2 Å². The third-order valence-electron chi connectivity index (χ3n) is 3.99. The van der Waals surface area contributed by atoms with E-state index >= 15 is 0 Å². The summed E-state index contributed by atoms with van der Waals surface area (Å²) in [5.41, 5.74) is 3.38. The SMILES string of the molecule is CCNCc1oc(CN2CCc3ccc(F)cc32)cc1C. The molecule has 4 heteroatoms. The molecule has 21 heavy (non-hydrogen) atoms. The van der Waals surface area contributed by atoms with E-state index in [1.54, 1.807) is 6.07 Å². The first-order chi connectivity index (χ1) is 10.2. The minimum Gasteiger partial charge on any atom is -0.463 e. The van der Waals surface area contributed by atoms with Crippen LogP contribution in [0.1, 0.15) is 29.6 Å². The molecule has 0 fully saturated rings. The fourth-order valence-corrected chi connectivity index (χ4v) is 2.85. The second-order valence-electron chi connectivity index (χ2n) is 5.54. The van der Waals surface area contributed by atoms with E-state index in [9.17, 15) is 4.39 Å². The van der Waals surface area contributed by atoms with Crippen LogP contribution in [0.3, 0.4) is 0 Å². The lowest BCUT2D eigenvalue weighted by Crippen LogP contribution is -2.19. The molecule has 3 nitrogen and oxygen atoms in total. The Labute approximate surface area is 124 Å². The molecule has 0 saturated carbocycles. The van der Waals surface area contributed by atoms with Gasteiger partial charge in [-0.2, -0.15) is 0 Å². The van der Waals surface area contributed by atoms with E-state index in [1.165, 1.54) is 17.2 Å². The maximum atomic E-state index is 13.4. The highest BCUT2D eigenvalue weighted by Gasteiger charge is 2.21. The maximum Gasteiger partial charge on any atom is 0.125 e. The number of hydrogen-bond acceptors (Lipinski definition) is 3. The molecule has 2 heterocycles. The van der Waals surface area contributed by atoms with Gasteiger partial charge in [0.25, 0.3) is 0 Å². The number of benzene rings is 1. The zero-order valence-electron chi connectivity index (χ0n) is 12.6. The monoisotopic (exact) mass is 288 g/mol. The lowest BCUT2D eigenvalue weighted by Gasteiger charge is -2.17. The number of nitrogens with one attached hydrogen (secondary N) is 1. The summed E-state index contributed by atoms with van der Waals surface area (Å²) in [6.45, 7) is 7.44. The smallest absolute Gasteiger partial charge is 0.125 e. The largest absolute Gasteiger partial charge is 0.463 e. The van der Waals surface area contributed by atoms with E-state index in [4.69, 9.17) is 4.42 Å². The van der Waals surface area contributed by atoms with Gasteiger partial charge in [0.15, 0.2) is 0 Å². The van der Waals surface area contributed by atoms with E-state index in [0.717, 1.165) is 43.3 Å². The highest BCUT2D eigenvalue weighted by Crippen LogP contribution is 2.30. The van der Waals surface area contributed by atoms with E-state index in [2.05, 4.69) is 30.1 Å². The van der Waals surface area contributed by atoms with Crippen molar-refractivity contribution in [1.82, 2.24) is 5.32 Å². The lowest BCUT2D eigenvalue weighted by molar-refractivity contribution is 0.445. The number of fused-ring (bicyclic) bond motifs is 1. The van der Waals surface area contributed by atoms with Crippen molar-refractivity contribution < 1.29 is 8.81 Å². The van der Waals surface area contributed by atoms with Crippen molar-refractivity contribution in [1.29, 1.82) is 0 Å². The molecule has 0 amide bonds. The summed E-state index contributed by atoms with van der Waals surface area (Å²) in [5.74, 6) is 1.76. The molecule has 1 aromatic heterocycles. The van der Waals surface area contributed by atoms with E-state index in [1.807, 2.05) is 6.07 Å². The number of rotatable bonds is 5. The first kappa shape index (κ1) is 14.1. The summed E-state index contributed by atoms with van der Waals surface area (Å²) >= 11 is 0. The molecule has 3 rings (SSSR count). The summed E-state index contributed by atoms with van der Waals surface area (Å²) in [7, 11) is 0. The van der Waals surface area contributed by atoms with Gasteiger partial charge in [0.2, 0.25) is 0 Å². The van der Waals surface area contributed by atoms with E-state index < -0.39 is 0 Å². The molecule has 2 aromatic rings. The molecular formula is C17H21FN2O. The molecule has 0 atom stereocenters. The molecule has 0 spiro atoms. The number of halogens is 1. The van der Waals surface area contributed by atoms with Crippen LogP contribution in [0.15, 0.2) is 28.7 Å². The molecule has 0 radical (unpaired) electrons. The highest BCUT2D eigenvalue weighted by atomic mass is 19.1. The third kappa shape index (κ3) is 2.95. The van der Waals surface area contributed by atoms with Crippen LogP contribution in [0, 0.1) is 12.7 Å². The van der Waals surface area contributed by atoms with Crippen LogP contribution in [-0.2, 0) is 19.5 Å². The molecule has 0 unspecified atom stereocenters. The molecule has 0 bridgehead atoms. The van der Waals surface area contributed by atoms with Gasteiger partial charge < -0.3 is 14.6 Å². The summed E-state index contributed by atoms with van der Waals surface area (Å²) < 4.78 is 19.3. The second-order valence-corrected chi connectivity index (χ2v) is 5.54. The van der Waals surface area contributed by atoms with Crippen molar-refractivity contribution in [3.63, 3.8) is 0 Å². The molecule has 0 aliphatic carbocycles. The third-order valence-corrected chi connectivity index (χ3v) is 3.99. The number of anilines is 1. The molecule has 112 valence electrons. The Morgan fingerprint density at radius 1 is 1.33 bits per heavy atom.